The Bertz CT molecular complexity index is 741. The number of carbonyl (C=O) groups excluding carboxylic acids is 2. The van der Waals surface area contributed by atoms with E-state index in [1.165, 1.54) is 12.1 Å². The average Bonchev–Trinajstić information content (AvgIpc) is 2.55. The number of hydrogen-bond donors (Lipinski definition) is 1. The first-order valence-corrected chi connectivity index (χ1v) is 6.83. The Kier molecular flexibility index (Phi) is 5.03. The molecule has 118 valence electrons. The molecule has 2 rings (SSSR count). The van der Waals surface area contributed by atoms with Gasteiger partial charge >= 0.3 is 6.09 Å². The number of benzene rings is 2. The monoisotopic (exact) mass is 314 g/mol. The van der Waals surface area contributed by atoms with Crippen LogP contribution in [0, 0.1) is 10.1 Å². The fraction of sp³-hybridized carbons (Fsp3) is 0.125. The van der Waals surface area contributed by atoms with Gasteiger partial charge in [-0.15, -0.1) is 0 Å². The zero-order valence-corrected chi connectivity index (χ0v) is 12.3. The largest absolute Gasteiger partial charge is 0.450 e. The lowest BCUT2D eigenvalue weighted by Gasteiger charge is -2.07. The molecule has 0 aromatic heterocycles. The molecule has 0 aliphatic rings. The highest BCUT2D eigenvalue weighted by Gasteiger charge is 2.14. The standard InChI is InChI=1S/C16H14N2O5/c1-2-23-16(20)17-14-6-3-11(4-7-14)12-5-8-15(18(21)22)13(9-12)10-19/h3-10H,2H2,1H3,(H,17,20). The van der Waals surface area contributed by atoms with Gasteiger partial charge in [-0.2, -0.15) is 0 Å². The SMILES string of the molecule is CCOC(=O)Nc1ccc(-c2ccc([N+](=O)[O-])c(C=O)c2)cc1. The molecule has 0 saturated carbocycles. The Labute approximate surface area is 132 Å². The van der Waals surface area contributed by atoms with Crippen LogP contribution in [0.25, 0.3) is 11.1 Å². The minimum absolute atomic E-state index is 0.0150. The van der Waals surface area contributed by atoms with E-state index in [2.05, 4.69) is 5.32 Å². The summed E-state index contributed by atoms with van der Waals surface area (Å²) in [5.41, 5.74) is 1.77. The van der Waals surface area contributed by atoms with Gasteiger partial charge in [-0.25, -0.2) is 4.79 Å². The predicted molar refractivity (Wildman–Crippen MR) is 84.6 cm³/mol. The van der Waals surface area contributed by atoms with E-state index >= 15 is 0 Å². The number of anilines is 1. The molecule has 0 saturated heterocycles. The zero-order valence-electron chi connectivity index (χ0n) is 12.3. The van der Waals surface area contributed by atoms with E-state index in [0.29, 0.717) is 17.5 Å². The number of nitro groups is 1. The summed E-state index contributed by atoms with van der Waals surface area (Å²) in [6.07, 6.45) is -0.0861. The molecule has 7 heteroatoms. The van der Waals surface area contributed by atoms with Crippen molar-refractivity contribution in [1.82, 2.24) is 0 Å². The van der Waals surface area contributed by atoms with Crippen LogP contribution in [0.1, 0.15) is 17.3 Å². The number of nitrogens with zero attached hydrogens (tertiary/aromatic N) is 1. The van der Waals surface area contributed by atoms with Crippen LogP contribution in [0.2, 0.25) is 0 Å². The maximum absolute atomic E-state index is 11.3. The zero-order chi connectivity index (χ0) is 16.8. The van der Waals surface area contributed by atoms with Crippen molar-refractivity contribution in [3.63, 3.8) is 0 Å². The van der Waals surface area contributed by atoms with Gasteiger partial charge < -0.3 is 4.74 Å². The summed E-state index contributed by atoms with van der Waals surface area (Å²) in [5.74, 6) is 0. The summed E-state index contributed by atoms with van der Waals surface area (Å²) in [6, 6.07) is 11.1. The maximum atomic E-state index is 11.3. The molecule has 2 aromatic rings. The molecule has 1 N–H and O–H groups in total. The minimum atomic E-state index is -0.597. The Morgan fingerprint density at radius 2 is 1.87 bits per heavy atom. The second-order valence-electron chi connectivity index (χ2n) is 4.57. The molecule has 2 aromatic carbocycles. The summed E-state index contributed by atoms with van der Waals surface area (Å²) in [7, 11) is 0. The Hall–Kier alpha value is -3.22. The first kappa shape index (κ1) is 16.2. The summed E-state index contributed by atoms with van der Waals surface area (Å²) in [4.78, 5) is 32.5. The smallest absolute Gasteiger partial charge is 0.411 e. The molecule has 7 nitrogen and oxygen atoms in total. The van der Waals surface area contributed by atoms with Gasteiger partial charge in [-0.3, -0.25) is 20.2 Å². The fourth-order valence-corrected chi connectivity index (χ4v) is 2.03. The molecule has 0 bridgehead atoms. The van der Waals surface area contributed by atoms with Gasteiger partial charge in [0, 0.05) is 11.8 Å². The summed E-state index contributed by atoms with van der Waals surface area (Å²) in [5, 5.41) is 13.4. The normalized spacial score (nSPS) is 9.96. The van der Waals surface area contributed by atoms with Gasteiger partial charge in [-0.1, -0.05) is 12.1 Å². The highest BCUT2D eigenvalue weighted by molar-refractivity contribution is 5.86. The van der Waals surface area contributed by atoms with Gasteiger partial charge in [-0.05, 0) is 42.3 Å². The first-order chi connectivity index (χ1) is 11.0. The molecule has 0 aliphatic heterocycles. The maximum Gasteiger partial charge on any atom is 0.411 e. The van der Waals surface area contributed by atoms with E-state index in [0.717, 1.165) is 5.56 Å². The molecule has 0 unspecified atom stereocenters. The topological polar surface area (TPSA) is 98.5 Å². The summed E-state index contributed by atoms with van der Waals surface area (Å²) >= 11 is 0. The fourth-order valence-electron chi connectivity index (χ4n) is 2.03. The third kappa shape index (κ3) is 3.91. The Morgan fingerprint density at radius 1 is 1.22 bits per heavy atom. The molecule has 0 spiro atoms. The minimum Gasteiger partial charge on any atom is -0.450 e. The summed E-state index contributed by atoms with van der Waals surface area (Å²) < 4.78 is 4.77. The number of amides is 1. The van der Waals surface area contributed by atoms with E-state index in [4.69, 9.17) is 4.74 Å². The van der Waals surface area contributed by atoms with Crippen LogP contribution >= 0.6 is 0 Å². The first-order valence-electron chi connectivity index (χ1n) is 6.83. The van der Waals surface area contributed by atoms with Crippen molar-refractivity contribution in [3.8, 4) is 11.1 Å². The molecular weight excluding hydrogens is 300 g/mol. The Balaban J connectivity index is 2.24. The van der Waals surface area contributed by atoms with Crippen LogP contribution < -0.4 is 5.32 Å². The lowest BCUT2D eigenvalue weighted by atomic mass is 10.0. The van der Waals surface area contributed by atoms with Crippen molar-refractivity contribution in [2.24, 2.45) is 0 Å². The predicted octanol–water partition coefficient (Wildman–Crippen LogP) is 3.64. The molecule has 23 heavy (non-hydrogen) atoms. The highest BCUT2D eigenvalue weighted by Crippen LogP contribution is 2.26. The van der Waals surface area contributed by atoms with Crippen LogP contribution in [0.15, 0.2) is 42.5 Å². The van der Waals surface area contributed by atoms with Crippen LogP contribution in [-0.2, 0) is 4.74 Å². The number of carbonyl (C=O) groups is 2. The van der Waals surface area contributed by atoms with Crippen LogP contribution in [0.4, 0.5) is 16.2 Å². The molecule has 1 amide bonds. The van der Waals surface area contributed by atoms with E-state index in [1.54, 1.807) is 37.3 Å². The Morgan fingerprint density at radius 3 is 2.43 bits per heavy atom. The van der Waals surface area contributed by atoms with Gasteiger partial charge in [0.1, 0.15) is 0 Å². The lowest BCUT2D eigenvalue weighted by Crippen LogP contribution is -2.13. The van der Waals surface area contributed by atoms with E-state index in [1.807, 2.05) is 0 Å². The quantitative estimate of drug-likeness (QED) is 0.516. The van der Waals surface area contributed by atoms with Crippen LogP contribution in [0.5, 0.6) is 0 Å². The second-order valence-corrected chi connectivity index (χ2v) is 4.57. The van der Waals surface area contributed by atoms with Crippen molar-refractivity contribution in [2.45, 2.75) is 6.92 Å². The molecule has 0 atom stereocenters. The van der Waals surface area contributed by atoms with E-state index in [9.17, 15) is 19.7 Å². The molecule has 0 fully saturated rings. The van der Waals surface area contributed by atoms with E-state index in [-0.39, 0.29) is 17.9 Å². The van der Waals surface area contributed by atoms with Crippen molar-refractivity contribution in [2.75, 3.05) is 11.9 Å². The van der Waals surface area contributed by atoms with E-state index < -0.39 is 11.0 Å². The van der Waals surface area contributed by atoms with Crippen LogP contribution in [-0.4, -0.2) is 23.9 Å². The molecular formula is C16H14N2O5. The third-order valence-electron chi connectivity index (χ3n) is 3.09. The summed E-state index contributed by atoms with van der Waals surface area (Å²) in [6.45, 7) is 1.99. The number of ether oxygens (including phenoxy) is 1. The van der Waals surface area contributed by atoms with Crippen molar-refractivity contribution in [3.05, 3.63) is 58.1 Å². The number of hydrogen-bond acceptors (Lipinski definition) is 5. The van der Waals surface area contributed by atoms with Gasteiger partial charge in [0.15, 0.2) is 6.29 Å². The molecule has 0 heterocycles. The number of rotatable bonds is 5. The van der Waals surface area contributed by atoms with Gasteiger partial charge in [0.2, 0.25) is 0 Å². The molecule has 0 radical (unpaired) electrons. The van der Waals surface area contributed by atoms with Gasteiger partial charge in [0.25, 0.3) is 5.69 Å². The van der Waals surface area contributed by atoms with Crippen molar-refractivity contribution >= 4 is 23.8 Å². The van der Waals surface area contributed by atoms with Crippen molar-refractivity contribution < 1.29 is 19.2 Å². The number of nitro benzene ring substituents is 1. The van der Waals surface area contributed by atoms with Gasteiger partial charge in [0.05, 0.1) is 17.1 Å². The highest BCUT2D eigenvalue weighted by atomic mass is 16.6. The third-order valence-corrected chi connectivity index (χ3v) is 3.09. The van der Waals surface area contributed by atoms with Crippen LogP contribution in [0.3, 0.4) is 0 Å². The second kappa shape index (κ2) is 7.17. The lowest BCUT2D eigenvalue weighted by molar-refractivity contribution is -0.385. The van der Waals surface area contributed by atoms with Crippen molar-refractivity contribution in [1.29, 1.82) is 0 Å². The number of nitrogens with one attached hydrogen (secondary N) is 1. The number of aldehydes is 1. The molecule has 0 aliphatic carbocycles. The average molecular weight is 314 g/mol.